The third-order valence-corrected chi connectivity index (χ3v) is 4.07. The van der Waals surface area contributed by atoms with Gasteiger partial charge in [0, 0.05) is 19.1 Å². The minimum Gasteiger partial charge on any atom is -0.447 e. The molecule has 0 N–H and O–H groups in total. The highest BCUT2D eigenvalue weighted by atomic mass is 19.4. The van der Waals surface area contributed by atoms with Gasteiger partial charge in [0.25, 0.3) is 0 Å². The van der Waals surface area contributed by atoms with Gasteiger partial charge in [0.2, 0.25) is 0 Å². The Morgan fingerprint density at radius 1 is 1.12 bits per heavy atom. The van der Waals surface area contributed by atoms with Crippen LogP contribution >= 0.6 is 0 Å². The van der Waals surface area contributed by atoms with Gasteiger partial charge < -0.3 is 14.5 Å². The molecule has 26 heavy (non-hydrogen) atoms. The Morgan fingerprint density at radius 2 is 1.69 bits per heavy atom. The van der Waals surface area contributed by atoms with Gasteiger partial charge in [-0.05, 0) is 38.5 Å². The molecule has 1 heterocycles. The van der Waals surface area contributed by atoms with Crippen LogP contribution in [0.15, 0.2) is 24.3 Å². The molecule has 5 nitrogen and oxygen atoms in total. The van der Waals surface area contributed by atoms with E-state index in [0.717, 1.165) is 12.1 Å². The molecule has 1 aromatic carbocycles. The lowest BCUT2D eigenvalue weighted by Gasteiger charge is -2.45. The van der Waals surface area contributed by atoms with E-state index in [1.807, 2.05) is 0 Å². The van der Waals surface area contributed by atoms with Crippen LogP contribution in [0, 0.1) is 5.82 Å². The molecule has 0 aromatic heterocycles. The summed E-state index contributed by atoms with van der Waals surface area (Å²) in [4.78, 5) is 26.1. The van der Waals surface area contributed by atoms with Crippen molar-refractivity contribution in [2.75, 3.05) is 13.1 Å². The van der Waals surface area contributed by atoms with Gasteiger partial charge in [0.05, 0.1) is 12.1 Å². The summed E-state index contributed by atoms with van der Waals surface area (Å²) in [6.07, 6.45) is -6.11. The van der Waals surface area contributed by atoms with Crippen LogP contribution in [0.2, 0.25) is 0 Å². The predicted molar refractivity (Wildman–Crippen MR) is 84.7 cm³/mol. The summed E-state index contributed by atoms with van der Waals surface area (Å²) in [5, 5.41) is 0. The van der Waals surface area contributed by atoms with E-state index in [0.29, 0.717) is 10.5 Å². The zero-order valence-electron chi connectivity index (χ0n) is 14.6. The number of amides is 2. The van der Waals surface area contributed by atoms with Gasteiger partial charge in [0.15, 0.2) is 0 Å². The van der Waals surface area contributed by atoms with Gasteiger partial charge in [-0.3, -0.25) is 4.79 Å². The van der Waals surface area contributed by atoms with E-state index >= 15 is 0 Å². The molecule has 0 saturated carbocycles. The van der Waals surface area contributed by atoms with Crippen molar-refractivity contribution in [2.24, 2.45) is 0 Å². The minimum absolute atomic E-state index is 0.180. The van der Waals surface area contributed by atoms with Gasteiger partial charge in [-0.2, -0.15) is 13.2 Å². The highest BCUT2D eigenvalue weighted by molar-refractivity contribution is 5.83. The van der Waals surface area contributed by atoms with Crippen LogP contribution in [-0.2, 0) is 9.53 Å². The number of benzene rings is 1. The van der Waals surface area contributed by atoms with E-state index in [2.05, 4.69) is 0 Å². The molecule has 0 spiro atoms. The zero-order chi connectivity index (χ0) is 19.6. The Morgan fingerprint density at radius 3 is 2.19 bits per heavy atom. The summed E-state index contributed by atoms with van der Waals surface area (Å²) in [6, 6.07) is 3.09. The standard InChI is InChI=1S/C17H20F4N2O3/c1-10(2)26-16(25)22-9-14(12-4-6-13(18)7-5-12)23(8-11(22)3)15(24)17(19,20)21/h4-7,10-11,14H,8-9H2,1-3H3. The molecule has 2 unspecified atom stereocenters. The van der Waals surface area contributed by atoms with Crippen molar-refractivity contribution >= 4 is 12.0 Å². The lowest BCUT2D eigenvalue weighted by atomic mass is 9.99. The number of hydrogen-bond donors (Lipinski definition) is 0. The zero-order valence-corrected chi connectivity index (χ0v) is 14.6. The summed E-state index contributed by atoms with van der Waals surface area (Å²) < 4.78 is 57.2. The van der Waals surface area contributed by atoms with Crippen molar-refractivity contribution < 1.29 is 31.9 Å². The summed E-state index contributed by atoms with van der Waals surface area (Å²) in [7, 11) is 0. The molecule has 0 aliphatic carbocycles. The summed E-state index contributed by atoms with van der Waals surface area (Å²) in [5.41, 5.74) is 0.304. The average Bonchev–Trinajstić information content (AvgIpc) is 2.53. The number of hydrogen-bond acceptors (Lipinski definition) is 3. The van der Waals surface area contributed by atoms with E-state index in [9.17, 15) is 27.2 Å². The molecule has 0 bridgehead atoms. The number of carbonyl (C=O) groups is 2. The molecular weight excluding hydrogens is 356 g/mol. The van der Waals surface area contributed by atoms with Crippen molar-refractivity contribution in [3.63, 3.8) is 0 Å². The van der Waals surface area contributed by atoms with Crippen LogP contribution in [-0.4, -0.2) is 53.2 Å². The van der Waals surface area contributed by atoms with Gasteiger partial charge in [0.1, 0.15) is 5.82 Å². The topological polar surface area (TPSA) is 49.9 Å². The molecule has 1 saturated heterocycles. The summed E-state index contributed by atoms with van der Waals surface area (Å²) in [5.74, 6) is -2.54. The number of ether oxygens (including phenoxy) is 1. The SMILES string of the molecule is CC(C)OC(=O)N1CC(c2ccc(F)cc2)N(C(=O)C(F)(F)F)CC1C. The van der Waals surface area contributed by atoms with Crippen molar-refractivity contribution in [3.05, 3.63) is 35.6 Å². The molecule has 1 fully saturated rings. The number of rotatable bonds is 2. The maximum absolute atomic E-state index is 13.2. The Kier molecular flexibility index (Phi) is 5.77. The first-order valence-electron chi connectivity index (χ1n) is 8.11. The number of halogens is 4. The Hall–Kier alpha value is -2.32. The van der Waals surface area contributed by atoms with Crippen molar-refractivity contribution in [2.45, 2.75) is 45.1 Å². The van der Waals surface area contributed by atoms with Crippen molar-refractivity contribution in [1.29, 1.82) is 0 Å². The largest absolute Gasteiger partial charge is 0.471 e. The summed E-state index contributed by atoms with van der Waals surface area (Å²) >= 11 is 0. The molecule has 2 rings (SSSR count). The fourth-order valence-electron chi connectivity index (χ4n) is 2.86. The van der Waals surface area contributed by atoms with E-state index < -0.39 is 42.2 Å². The van der Waals surface area contributed by atoms with Crippen LogP contribution in [0.1, 0.15) is 32.4 Å². The predicted octanol–water partition coefficient (Wildman–Crippen LogP) is 3.51. The second kappa shape index (κ2) is 7.51. The molecule has 2 atom stereocenters. The molecule has 1 aliphatic heterocycles. The molecule has 2 amide bonds. The fraction of sp³-hybridized carbons (Fsp3) is 0.529. The Balaban J connectivity index is 2.35. The number of alkyl halides is 3. The second-order valence-electron chi connectivity index (χ2n) is 6.46. The smallest absolute Gasteiger partial charge is 0.447 e. The third kappa shape index (κ3) is 4.44. The van der Waals surface area contributed by atoms with Gasteiger partial charge in [-0.25, -0.2) is 9.18 Å². The van der Waals surface area contributed by atoms with Crippen LogP contribution < -0.4 is 0 Å². The van der Waals surface area contributed by atoms with Crippen LogP contribution in [0.5, 0.6) is 0 Å². The Labute approximate surface area is 148 Å². The van der Waals surface area contributed by atoms with E-state index in [1.165, 1.54) is 17.0 Å². The van der Waals surface area contributed by atoms with Crippen molar-refractivity contribution in [1.82, 2.24) is 9.80 Å². The van der Waals surface area contributed by atoms with E-state index in [-0.39, 0.29) is 13.1 Å². The van der Waals surface area contributed by atoms with Gasteiger partial charge in [-0.1, -0.05) is 12.1 Å². The molecule has 144 valence electrons. The highest BCUT2D eigenvalue weighted by Crippen LogP contribution is 2.32. The lowest BCUT2D eigenvalue weighted by molar-refractivity contribution is -0.191. The molecule has 9 heteroatoms. The average molecular weight is 376 g/mol. The Bertz CT molecular complexity index is 661. The first kappa shape index (κ1) is 20.0. The first-order valence-corrected chi connectivity index (χ1v) is 8.11. The molecule has 1 aromatic rings. The quantitative estimate of drug-likeness (QED) is 0.743. The maximum atomic E-state index is 13.2. The van der Waals surface area contributed by atoms with Crippen molar-refractivity contribution in [3.8, 4) is 0 Å². The van der Waals surface area contributed by atoms with E-state index in [1.54, 1.807) is 20.8 Å². The van der Waals surface area contributed by atoms with Gasteiger partial charge >= 0.3 is 18.2 Å². The lowest BCUT2D eigenvalue weighted by Crippen LogP contribution is -2.59. The number of carbonyl (C=O) groups excluding carboxylic acids is 2. The maximum Gasteiger partial charge on any atom is 0.471 e. The third-order valence-electron chi connectivity index (χ3n) is 4.07. The molecular formula is C17H20F4N2O3. The first-order chi connectivity index (χ1) is 12.0. The monoisotopic (exact) mass is 376 g/mol. The van der Waals surface area contributed by atoms with Crippen LogP contribution in [0.4, 0.5) is 22.4 Å². The normalized spacial score (nSPS) is 21.1. The molecule has 1 aliphatic rings. The number of nitrogens with zero attached hydrogens (tertiary/aromatic N) is 2. The molecule has 0 radical (unpaired) electrons. The van der Waals surface area contributed by atoms with Crippen LogP contribution in [0.25, 0.3) is 0 Å². The second-order valence-corrected chi connectivity index (χ2v) is 6.46. The van der Waals surface area contributed by atoms with Crippen LogP contribution in [0.3, 0.4) is 0 Å². The minimum atomic E-state index is -5.04. The fourth-order valence-corrected chi connectivity index (χ4v) is 2.86. The highest BCUT2D eigenvalue weighted by Gasteiger charge is 2.48. The number of piperazine rings is 1. The van der Waals surface area contributed by atoms with Gasteiger partial charge in [-0.15, -0.1) is 0 Å². The summed E-state index contributed by atoms with van der Waals surface area (Å²) in [6.45, 7) is 4.36. The van der Waals surface area contributed by atoms with E-state index in [4.69, 9.17) is 4.74 Å².